The fraction of sp³-hybridized carbons (Fsp3) is 0.154. The number of hydrazine groups is 1. The minimum Gasteiger partial charge on any atom is -0.322 e. The van der Waals surface area contributed by atoms with E-state index in [4.69, 9.17) is 12.2 Å². The Hall–Kier alpha value is -4.64. The fourth-order valence-electron chi connectivity index (χ4n) is 3.24. The van der Waals surface area contributed by atoms with Gasteiger partial charge in [0, 0.05) is 22.9 Å². The highest BCUT2D eigenvalue weighted by Gasteiger charge is 2.20. The molecule has 3 aromatic carbocycles. The number of nitrogens with zero attached hydrogens (tertiary/aromatic N) is 1. The van der Waals surface area contributed by atoms with Gasteiger partial charge in [0.2, 0.25) is 0 Å². The molecule has 0 saturated heterocycles. The molecule has 0 aliphatic heterocycles. The molecule has 3 aromatic rings. The second-order valence-corrected chi connectivity index (χ2v) is 9.40. The van der Waals surface area contributed by atoms with E-state index >= 15 is 0 Å². The number of anilines is 1. The van der Waals surface area contributed by atoms with E-state index in [0.29, 0.717) is 11.3 Å². The molecule has 190 valence electrons. The van der Waals surface area contributed by atoms with Crippen molar-refractivity contribution >= 4 is 46.4 Å². The van der Waals surface area contributed by atoms with Gasteiger partial charge in [0.05, 0.1) is 4.92 Å². The zero-order valence-electron chi connectivity index (χ0n) is 20.3. The third kappa shape index (κ3) is 7.18. The number of carbonyl (C=O) groups excluding carboxylic acids is 3. The molecule has 4 N–H and O–H groups in total. The first-order valence-electron chi connectivity index (χ1n) is 11.1. The largest absolute Gasteiger partial charge is 0.322 e. The Morgan fingerprint density at radius 3 is 1.95 bits per heavy atom. The minimum atomic E-state index is -0.799. The van der Waals surface area contributed by atoms with E-state index in [1.165, 1.54) is 36.4 Å². The van der Waals surface area contributed by atoms with Gasteiger partial charge in [0.15, 0.2) is 5.11 Å². The molecule has 3 amide bonds. The van der Waals surface area contributed by atoms with Gasteiger partial charge in [-0.05, 0) is 65.7 Å². The average Bonchev–Trinajstić information content (AvgIpc) is 2.87. The molecular formula is C26H25N5O5S. The lowest BCUT2D eigenvalue weighted by atomic mass is 9.87. The Kier molecular flexibility index (Phi) is 8.30. The molecule has 0 aliphatic carbocycles. The molecule has 0 radical (unpaired) electrons. The van der Waals surface area contributed by atoms with Crippen LogP contribution in [0.1, 0.15) is 57.4 Å². The summed E-state index contributed by atoms with van der Waals surface area (Å²) in [6.45, 7) is 6.28. The molecular weight excluding hydrogens is 494 g/mol. The zero-order valence-corrected chi connectivity index (χ0v) is 21.1. The van der Waals surface area contributed by atoms with Crippen molar-refractivity contribution in [1.29, 1.82) is 0 Å². The molecule has 0 atom stereocenters. The molecule has 0 bridgehead atoms. The summed E-state index contributed by atoms with van der Waals surface area (Å²) in [5.41, 5.74) is 6.53. The molecule has 0 spiro atoms. The van der Waals surface area contributed by atoms with Crippen molar-refractivity contribution in [3.63, 3.8) is 0 Å². The summed E-state index contributed by atoms with van der Waals surface area (Å²) in [7, 11) is 0. The minimum absolute atomic E-state index is 0.0156. The van der Waals surface area contributed by atoms with Crippen LogP contribution in [0.2, 0.25) is 0 Å². The predicted molar refractivity (Wildman–Crippen MR) is 143 cm³/mol. The fourth-order valence-corrected chi connectivity index (χ4v) is 3.39. The molecule has 0 aliphatic rings. The summed E-state index contributed by atoms with van der Waals surface area (Å²) >= 11 is 4.98. The third-order valence-electron chi connectivity index (χ3n) is 5.28. The van der Waals surface area contributed by atoms with Gasteiger partial charge in [-0.25, -0.2) is 0 Å². The van der Waals surface area contributed by atoms with Gasteiger partial charge in [-0.3, -0.25) is 40.7 Å². The molecule has 11 heteroatoms. The number of nitro benzene ring substituents is 1. The van der Waals surface area contributed by atoms with Gasteiger partial charge in [0.1, 0.15) is 5.56 Å². The molecule has 0 fully saturated rings. The number of hydrogen-bond acceptors (Lipinski definition) is 6. The lowest BCUT2D eigenvalue weighted by Crippen LogP contribution is -2.48. The number of rotatable bonds is 5. The van der Waals surface area contributed by atoms with Crippen molar-refractivity contribution in [3.8, 4) is 0 Å². The van der Waals surface area contributed by atoms with E-state index in [1.807, 2.05) is 12.1 Å². The lowest BCUT2D eigenvalue weighted by molar-refractivity contribution is -0.385. The Morgan fingerprint density at radius 2 is 1.35 bits per heavy atom. The number of carbonyl (C=O) groups is 3. The van der Waals surface area contributed by atoms with Crippen LogP contribution >= 0.6 is 12.2 Å². The number of para-hydroxylation sites is 1. The Morgan fingerprint density at radius 1 is 0.784 bits per heavy atom. The molecule has 0 heterocycles. The van der Waals surface area contributed by atoms with Crippen LogP contribution in [0.15, 0.2) is 72.8 Å². The van der Waals surface area contributed by atoms with Gasteiger partial charge in [-0.2, -0.15) is 0 Å². The smallest absolute Gasteiger partial charge is 0.282 e. The first-order chi connectivity index (χ1) is 17.5. The zero-order chi connectivity index (χ0) is 27.2. The summed E-state index contributed by atoms with van der Waals surface area (Å²) in [5.74, 6) is -1.64. The summed E-state index contributed by atoms with van der Waals surface area (Å²) in [6.07, 6.45) is 0. The predicted octanol–water partition coefficient (Wildman–Crippen LogP) is 4.09. The highest BCUT2D eigenvalue weighted by molar-refractivity contribution is 7.80. The van der Waals surface area contributed by atoms with E-state index in [2.05, 4.69) is 42.3 Å². The van der Waals surface area contributed by atoms with Crippen molar-refractivity contribution in [2.45, 2.75) is 26.2 Å². The van der Waals surface area contributed by atoms with Crippen LogP contribution in [0.4, 0.5) is 11.4 Å². The standard InChI is InChI=1S/C26H25N5O5S/c1-26(2,3)18-12-8-16(9-13-18)22(32)27-19-14-10-17(11-15-19)23(33)29-30-25(37)28-24(34)20-6-4-5-7-21(20)31(35)36/h4-15H,1-3H3,(H,27,32)(H,29,33)(H2,28,30,34,37). The molecule has 0 saturated carbocycles. The normalized spacial score (nSPS) is 10.7. The van der Waals surface area contributed by atoms with E-state index in [0.717, 1.165) is 5.56 Å². The SMILES string of the molecule is CC(C)(C)c1ccc(C(=O)Nc2ccc(C(=O)NNC(=S)NC(=O)c3ccccc3[N+](=O)[O-])cc2)cc1. The average molecular weight is 520 g/mol. The van der Waals surface area contributed by atoms with E-state index < -0.39 is 16.7 Å². The topological polar surface area (TPSA) is 142 Å². The van der Waals surface area contributed by atoms with E-state index in [9.17, 15) is 24.5 Å². The number of hydrogen-bond donors (Lipinski definition) is 4. The van der Waals surface area contributed by atoms with Crippen molar-refractivity contribution < 1.29 is 19.3 Å². The summed E-state index contributed by atoms with van der Waals surface area (Å²) < 4.78 is 0. The maximum absolute atomic E-state index is 12.5. The highest BCUT2D eigenvalue weighted by atomic mass is 32.1. The Balaban J connectivity index is 1.52. The van der Waals surface area contributed by atoms with Crippen LogP contribution in [0, 0.1) is 10.1 Å². The number of amides is 3. The third-order valence-corrected chi connectivity index (χ3v) is 5.48. The van der Waals surface area contributed by atoms with Crippen LogP contribution in [-0.2, 0) is 5.41 Å². The van der Waals surface area contributed by atoms with Crippen molar-refractivity contribution in [2.75, 3.05) is 5.32 Å². The summed E-state index contributed by atoms with van der Waals surface area (Å²) in [4.78, 5) is 47.6. The van der Waals surface area contributed by atoms with Crippen molar-refractivity contribution in [1.82, 2.24) is 16.2 Å². The first kappa shape index (κ1) is 27.0. The van der Waals surface area contributed by atoms with Gasteiger partial charge < -0.3 is 5.32 Å². The summed E-state index contributed by atoms with van der Waals surface area (Å²) in [6, 6.07) is 18.9. The van der Waals surface area contributed by atoms with Gasteiger partial charge in [-0.1, -0.05) is 45.0 Å². The van der Waals surface area contributed by atoms with Gasteiger partial charge in [-0.15, -0.1) is 0 Å². The van der Waals surface area contributed by atoms with Crippen LogP contribution in [-0.4, -0.2) is 27.8 Å². The monoisotopic (exact) mass is 519 g/mol. The lowest BCUT2D eigenvalue weighted by Gasteiger charge is -2.19. The Bertz CT molecular complexity index is 1350. The maximum atomic E-state index is 12.5. The molecule has 3 rings (SSSR count). The molecule has 10 nitrogen and oxygen atoms in total. The quantitative estimate of drug-likeness (QED) is 0.226. The van der Waals surface area contributed by atoms with E-state index in [-0.39, 0.29) is 33.2 Å². The van der Waals surface area contributed by atoms with Crippen LogP contribution in [0.5, 0.6) is 0 Å². The van der Waals surface area contributed by atoms with Crippen LogP contribution in [0.25, 0.3) is 0 Å². The maximum Gasteiger partial charge on any atom is 0.282 e. The van der Waals surface area contributed by atoms with Crippen LogP contribution in [0.3, 0.4) is 0 Å². The van der Waals surface area contributed by atoms with Gasteiger partial charge in [0.25, 0.3) is 23.4 Å². The second-order valence-electron chi connectivity index (χ2n) is 9.00. The molecule has 0 unspecified atom stereocenters. The highest BCUT2D eigenvalue weighted by Crippen LogP contribution is 2.22. The van der Waals surface area contributed by atoms with E-state index in [1.54, 1.807) is 24.3 Å². The Labute approximate surface area is 218 Å². The van der Waals surface area contributed by atoms with Crippen LogP contribution < -0.4 is 21.5 Å². The number of thiocarbonyl (C=S) groups is 1. The molecule has 37 heavy (non-hydrogen) atoms. The molecule has 0 aromatic heterocycles. The van der Waals surface area contributed by atoms with Gasteiger partial charge >= 0.3 is 0 Å². The first-order valence-corrected chi connectivity index (χ1v) is 11.5. The van der Waals surface area contributed by atoms with Crippen molar-refractivity contribution in [3.05, 3.63) is 105 Å². The number of benzene rings is 3. The van der Waals surface area contributed by atoms with Crippen molar-refractivity contribution in [2.24, 2.45) is 0 Å². The number of nitrogens with one attached hydrogen (secondary N) is 4. The second kappa shape index (κ2) is 11.4. The summed E-state index contributed by atoms with van der Waals surface area (Å²) in [5, 5.41) is 15.9. The number of nitro groups is 1.